The van der Waals surface area contributed by atoms with Gasteiger partial charge in [-0.05, 0) is 14.1 Å². The normalized spacial score (nSPS) is 12.8. The first-order valence-corrected chi connectivity index (χ1v) is 5.08. The van der Waals surface area contributed by atoms with Gasteiger partial charge in [-0.3, -0.25) is 4.79 Å². The molecule has 0 saturated carbocycles. The van der Waals surface area contributed by atoms with Crippen LogP contribution < -0.4 is 5.32 Å². The van der Waals surface area contributed by atoms with Gasteiger partial charge in [-0.15, -0.1) is 0 Å². The number of likely N-dealkylation sites (N-methyl/N-ethyl adjacent to an activating group) is 1. The van der Waals surface area contributed by atoms with E-state index in [4.69, 9.17) is 0 Å². The summed E-state index contributed by atoms with van der Waals surface area (Å²) in [5, 5.41) is 12.2. The van der Waals surface area contributed by atoms with E-state index in [1.165, 1.54) is 6.20 Å². The number of nitrogens with zero attached hydrogens (tertiary/aromatic N) is 3. The molecule has 0 fully saturated rings. The first-order chi connectivity index (χ1) is 7.50. The van der Waals surface area contributed by atoms with E-state index in [0.29, 0.717) is 12.2 Å². The Kier molecular flexibility index (Phi) is 4.45. The highest BCUT2D eigenvalue weighted by Crippen LogP contribution is 1.95. The monoisotopic (exact) mass is 226 g/mol. The highest BCUT2D eigenvalue weighted by molar-refractivity contribution is 5.92. The maximum Gasteiger partial charge on any atom is 0.269 e. The van der Waals surface area contributed by atoms with Crippen LogP contribution in [0, 0.1) is 0 Å². The number of hydrogen-bond acceptors (Lipinski definition) is 4. The predicted molar refractivity (Wildman–Crippen MR) is 60.1 cm³/mol. The van der Waals surface area contributed by atoms with Crippen LogP contribution in [-0.2, 0) is 7.05 Å². The summed E-state index contributed by atoms with van der Waals surface area (Å²) in [5.74, 6) is -0.224. The molecule has 0 aliphatic carbocycles. The van der Waals surface area contributed by atoms with Gasteiger partial charge < -0.3 is 19.9 Å². The summed E-state index contributed by atoms with van der Waals surface area (Å²) in [5.41, 5.74) is 0.483. The molecule has 16 heavy (non-hydrogen) atoms. The van der Waals surface area contributed by atoms with Crippen molar-refractivity contribution in [2.24, 2.45) is 7.05 Å². The third-order valence-electron chi connectivity index (χ3n) is 2.12. The summed E-state index contributed by atoms with van der Waals surface area (Å²) >= 11 is 0. The molecule has 0 aromatic carbocycles. The standard InChI is InChI=1S/C10H18N4O2/c1-13(2)6-8(15)4-12-10(16)9-5-11-7-14(9)3/h5,7-8,15H,4,6H2,1-3H3,(H,12,16). The van der Waals surface area contributed by atoms with Crippen LogP contribution >= 0.6 is 0 Å². The molecular weight excluding hydrogens is 208 g/mol. The zero-order valence-electron chi connectivity index (χ0n) is 9.84. The van der Waals surface area contributed by atoms with E-state index in [9.17, 15) is 9.90 Å². The lowest BCUT2D eigenvalue weighted by Gasteiger charge is -2.16. The van der Waals surface area contributed by atoms with Crippen molar-refractivity contribution in [3.8, 4) is 0 Å². The average molecular weight is 226 g/mol. The molecule has 0 spiro atoms. The van der Waals surface area contributed by atoms with Gasteiger partial charge >= 0.3 is 0 Å². The van der Waals surface area contributed by atoms with E-state index >= 15 is 0 Å². The van der Waals surface area contributed by atoms with Crippen molar-refractivity contribution in [2.45, 2.75) is 6.10 Å². The Hall–Kier alpha value is -1.40. The zero-order chi connectivity index (χ0) is 12.1. The fourth-order valence-electron chi connectivity index (χ4n) is 1.36. The lowest BCUT2D eigenvalue weighted by Crippen LogP contribution is -2.38. The van der Waals surface area contributed by atoms with Crippen LogP contribution in [0.1, 0.15) is 10.5 Å². The topological polar surface area (TPSA) is 70.4 Å². The minimum atomic E-state index is -0.563. The van der Waals surface area contributed by atoms with Gasteiger partial charge in [0.1, 0.15) is 5.69 Å². The average Bonchev–Trinajstić information content (AvgIpc) is 2.60. The van der Waals surface area contributed by atoms with Crippen molar-refractivity contribution in [3.63, 3.8) is 0 Å². The van der Waals surface area contributed by atoms with E-state index in [2.05, 4.69) is 10.3 Å². The Labute approximate surface area is 94.9 Å². The number of aliphatic hydroxyl groups excluding tert-OH is 1. The number of aromatic nitrogens is 2. The molecule has 0 aliphatic heterocycles. The van der Waals surface area contributed by atoms with Gasteiger partial charge in [0, 0.05) is 20.1 Å². The summed E-state index contributed by atoms with van der Waals surface area (Å²) in [6.07, 6.45) is 2.49. The van der Waals surface area contributed by atoms with Crippen LogP contribution in [0.5, 0.6) is 0 Å². The van der Waals surface area contributed by atoms with Crippen LogP contribution in [0.15, 0.2) is 12.5 Å². The largest absolute Gasteiger partial charge is 0.390 e. The second-order valence-corrected chi connectivity index (χ2v) is 4.02. The lowest BCUT2D eigenvalue weighted by atomic mass is 10.3. The van der Waals surface area contributed by atoms with Crippen LogP contribution in [0.4, 0.5) is 0 Å². The third-order valence-corrected chi connectivity index (χ3v) is 2.12. The van der Waals surface area contributed by atoms with Gasteiger partial charge in [0.25, 0.3) is 5.91 Å². The van der Waals surface area contributed by atoms with E-state index < -0.39 is 6.10 Å². The van der Waals surface area contributed by atoms with Crippen molar-refractivity contribution >= 4 is 5.91 Å². The number of aryl methyl sites for hydroxylation is 1. The molecule has 1 atom stereocenters. The molecule has 1 rings (SSSR count). The summed E-state index contributed by atoms with van der Waals surface area (Å²) in [6.45, 7) is 0.758. The van der Waals surface area contributed by atoms with Crippen molar-refractivity contribution in [3.05, 3.63) is 18.2 Å². The minimum absolute atomic E-state index is 0.224. The molecule has 1 aromatic heterocycles. The third kappa shape index (κ3) is 3.63. The number of rotatable bonds is 5. The Morgan fingerprint density at radius 3 is 2.88 bits per heavy atom. The number of carbonyl (C=O) groups is 1. The summed E-state index contributed by atoms with van der Waals surface area (Å²) < 4.78 is 1.63. The second-order valence-electron chi connectivity index (χ2n) is 4.02. The SMILES string of the molecule is CN(C)CC(O)CNC(=O)c1cncn1C. The molecule has 1 amide bonds. The molecule has 1 aromatic rings. The Balaban J connectivity index is 2.39. The summed E-state index contributed by atoms with van der Waals surface area (Å²) in [6, 6.07) is 0. The predicted octanol–water partition coefficient (Wildman–Crippen LogP) is -0.928. The molecule has 1 unspecified atom stereocenters. The van der Waals surface area contributed by atoms with Crippen molar-refractivity contribution < 1.29 is 9.90 Å². The quantitative estimate of drug-likeness (QED) is 0.680. The molecule has 6 nitrogen and oxygen atoms in total. The molecule has 2 N–H and O–H groups in total. The van der Waals surface area contributed by atoms with E-state index in [1.54, 1.807) is 17.9 Å². The molecular formula is C10H18N4O2. The number of hydrogen-bond donors (Lipinski definition) is 2. The van der Waals surface area contributed by atoms with Crippen LogP contribution in [0.2, 0.25) is 0 Å². The Bertz CT molecular complexity index is 348. The first kappa shape index (κ1) is 12.7. The highest BCUT2D eigenvalue weighted by atomic mass is 16.3. The van der Waals surface area contributed by atoms with Crippen molar-refractivity contribution in [1.29, 1.82) is 0 Å². The number of imidazole rings is 1. The molecule has 6 heteroatoms. The van der Waals surface area contributed by atoms with E-state index in [-0.39, 0.29) is 12.5 Å². The minimum Gasteiger partial charge on any atom is -0.390 e. The molecule has 0 radical (unpaired) electrons. The molecule has 0 saturated heterocycles. The van der Waals surface area contributed by atoms with E-state index in [0.717, 1.165) is 0 Å². The number of amides is 1. The van der Waals surface area contributed by atoms with E-state index in [1.807, 2.05) is 19.0 Å². The zero-order valence-corrected chi connectivity index (χ0v) is 9.84. The highest BCUT2D eigenvalue weighted by Gasteiger charge is 2.11. The lowest BCUT2D eigenvalue weighted by molar-refractivity contribution is 0.0884. The fourth-order valence-corrected chi connectivity index (χ4v) is 1.36. The van der Waals surface area contributed by atoms with Crippen molar-refractivity contribution in [1.82, 2.24) is 19.8 Å². The van der Waals surface area contributed by atoms with Gasteiger partial charge in [0.2, 0.25) is 0 Å². The summed E-state index contributed by atoms with van der Waals surface area (Å²) in [7, 11) is 5.48. The number of nitrogens with one attached hydrogen (secondary N) is 1. The van der Waals surface area contributed by atoms with Gasteiger partial charge in [-0.1, -0.05) is 0 Å². The number of carbonyl (C=O) groups excluding carboxylic acids is 1. The number of aliphatic hydroxyl groups is 1. The fraction of sp³-hybridized carbons (Fsp3) is 0.600. The summed E-state index contributed by atoms with van der Waals surface area (Å²) in [4.78, 5) is 17.3. The van der Waals surface area contributed by atoms with Crippen LogP contribution in [0.3, 0.4) is 0 Å². The molecule has 0 bridgehead atoms. The maximum atomic E-state index is 11.6. The first-order valence-electron chi connectivity index (χ1n) is 5.08. The molecule has 0 aliphatic rings. The Morgan fingerprint density at radius 1 is 1.69 bits per heavy atom. The Morgan fingerprint density at radius 2 is 2.38 bits per heavy atom. The van der Waals surface area contributed by atoms with Crippen molar-refractivity contribution in [2.75, 3.05) is 27.2 Å². The second kappa shape index (κ2) is 5.62. The van der Waals surface area contributed by atoms with Gasteiger partial charge in [-0.25, -0.2) is 4.98 Å². The maximum absolute atomic E-state index is 11.6. The van der Waals surface area contributed by atoms with Crippen LogP contribution in [-0.4, -0.2) is 58.8 Å². The molecule has 1 heterocycles. The molecule has 90 valence electrons. The van der Waals surface area contributed by atoms with Gasteiger partial charge in [-0.2, -0.15) is 0 Å². The smallest absolute Gasteiger partial charge is 0.269 e. The van der Waals surface area contributed by atoms with Gasteiger partial charge in [0.15, 0.2) is 0 Å². The van der Waals surface area contributed by atoms with Crippen LogP contribution in [0.25, 0.3) is 0 Å². The van der Waals surface area contributed by atoms with Gasteiger partial charge in [0.05, 0.1) is 18.6 Å².